The molecule has 0 saturated carbocycles. The first-order valence-corrected chi connectivity index (χ1v) is 14.0. The number of aliphatic imine (C=N–C) groups is 1. The third-order valence-corrected chi connectivity index (χ3v) is 8.14. The lowest BCUT2D eigenvalue weighted by molar-refractivity contribution is 0.149. The maximum Gasteiger partial charge on any atom is 0.345 e. The molecule has 2 aromatic rings. The van der Waals surface area contributed by atoms with Gasteiger partial charge in [-0.15, -0.1) is 0 Å². The number of aromatic nitrogens is 2. The average molecular weight is 540 g/mol. The molecule has 2 fully saturated rings. The van der Waals surface area contributed by atoms with Gasteiger partial charge < -0.3 is 26.0 Å². The Morgan fingerprint density at radius 3 is 2.59 bits per heavy atom. The van der Waals surface area contributed by atoms with Crippen molar-refractivity contribution in [1.82, 2.24) is 14.9 Å². The molecule has 3 atom stereocenters. The van der Waals surface area contributed by atoms with Crippen LogP contribution in [0.5, 0.6) is 5.75 Å². The fourth-order valence-corrected chi connectivity index (χ4v) is 5.40. The number of halogens is 1. The van der Waals surface area contributed by atoms with E-state index in [-0.39, 0.29) is 29.7 Å². The first-order chi connectivity index (χ1) is 18.6. The van der Waals surface area contributed by atoms with E-state index in [0.717, 1.165) is 25.0 Å². The van der Waals surface area contributed by atoms with Gasteiger partial charge in [-0.05, 0) is 49.7 Å². The number of ether oxygens (including phenoxy) is 1. The van der Waals surface area contributed by atoms with Crippen molar-refractivity contribution >= 4 is 17.8 Å². The zero-order valence-corrected chi connectivity index (χ0v) is 23.5. The van der Waals surface area contributed by atoms with Gasteiger partial charge in [-0.2, -0.15) is 4.99 Å². The lowest BCUT2D eigenvalue weighted by atomic mass is 9.84. The normalized spacial score (nSPS) is 21.5. The van der Waals surface area contributed by atoms with Crippen molar-refractivity contribution in [3.05, 3.63) is 47.5 Å². The lowest BCUT2D eigenvalue weighted by Gasteiger charge is -2.34. The number of amidine groups is 1. The van der Waals surface area contributed by atoms with Crippen molar-refractivity contribution in [1.29, 1.82) is 0 Å². The van der Waals surface area contributed by atoms with Crippen LogP contribution in [0.25, 0.3) is 0 Å². The summed E-state index contributed by atoms with van der Waals surface area (Å²) in [6.07, 6.45) is 4.53. The van der Waals surface area contributed by atoms with E-state index in [4.69, 9.17) is 16.2 Å². The molecule has 3 unspecified atom stereocenters. The smallest absolute Gasteiger partial charge is 0.345 e. The Hall–Kier alpha value is -3.27. The highest BCUT2D eigenvalue weighted by atomic mass is 19.1. The monoisotopic (exact) mass is 539 g/mol. The third kappa shape index (κ3) is 7.03. The summed E-state index contributed by atoms with van der Waals surface area (Å²) >= 11 is 0. The first-order valence-electron chi connectivity index (χ1n) is 14.0. The van der Waals surface area contributed by atoms with Gasteiger partial charge in [0.25, 0.3) is 0 Å². The highest BCUT2D eigenvalue weighted by Gasteiger charge is 2.34. The maximum atomic E-state index is 14.3. The zero-order chi connectivity index (χ0) is 28.1. The van der Waals surface area contributed by atoms with Crippen LogP contribution in [0.2, 0.25) is 0 Å². The zero-order valence-electron chi connectivity index (χ0n) is 23.5. The van der Waals surface area contributed by atoms with E-state index in [2.05, 4.69) is 21.9 Å². The molecule has 0 bridgehead atoms. The van der Waals surface area contributed by atoms with Gasteiger partial charge >= 0.3 is 6.03 Å². The molecule has 10 heteroatoms. The number of hydrogen-bond acceptors (Lipinski definition) is 6. The largest absolute Gasteiger partial charge is 0.490 e. The van der Waals surface area contributed by atoms with Crippen LogP contribution in [0.15, 0.2) is 35.5 Å². The Kier molecular flexibility index (Phi) is 9.37. The molecule has 39 heavy (non-hydrogen) atoms. The average Bonchev–Trinajstić information content (AvgIpc) is 3.30. The third-order valence-electron chi connectivity index (χ3n) is 8.14. The number of aryl methyl sites for hydroxylation is 1. The topological polar surface area (TPSA) is 123 Å². The molecule has 0 aliphatic carbocycles. The Labute approximate surface area is 230 Å². The predicted octanol–water partition coefficient (Wildman–Crippen LogP) is 4.11. The van der Waals surface area contributed by atoms with Gasteiger partial charge in [0.05, 0.1) is 18.5 Å². The molecule has 4 N–H and O–H groups in total. The van der Waals surface area contributed by atoms with Gasteiger partial charge in [0.15, 0.2) is 5.75 Å². The van der Waals surface area contributed by atoms with E-state index in [0.29, 0.717) is 67.7 Å². The van der Waals surface area contributed by atoms with Gasteiger partial charge in [0, 0.05) is 44.1 Å². The molecule has 3 heterocycles. The number of amides is 2. The minimum absolute atomic E-state index is 0.0632. The summed E-state index contributed by atoms with van der Waals surface area (Å²) in [5.41, 5.74) is 13.6. The van der Waals surface area contributed by atoms with E-state index in [9.17, 15) is 9.18 Å². The van der Waals surface area contributed by atoms with Crippen LogP contribution >= 0.6 is 0 Å². The number of urea groups is 1. The van der Waals surface area contributed by atoms with E-state index < -0.39 is 0 Å². The Morgan fingerprint density at radius 2 is 1.92 bits per heavy atom. The Morgan fingerprint density at radius 1 is 1.21 bits per heavy atom. The van der Waals surface area contributed by atoms with Crippen molar-refractivity contribution < 1.29 is 13.9 Å². The quantitative estimate of drug-likeness (QED) is 0.382. The number of rotatable bonds is 8. The van der Waals surface area contributed by atoms with Gasteiger partial charge in [-0.1, -0.05) is 39.0 Å². The van der Waals surface area contributed by atoms with Crippen LogP contribution in [0.1, 0.15) is 57.2 Å². The summed E-state index contributed by atoms with van der Waals surface area (Å²) in [4.78, 5) is 29.4. The summed E-state index contributed by atoms with van der Waals surface area (Å²) in [6, 6.07) is 6.38. The fraction of sp³-hybridized carbons (Fsp3) is 0.586. The molecule has 212 valence electrons. The van der Waals surface area contributed by atoms with Gasteiger partial charge in [0.1, 0.15) is 11.7 Å². The van der Waals surface area contributed by atoms with Gasteiger partial charge in [-0.25, -0.2) is 19.2 Å². The highest BCUT2D eigenvalue weighted by molar-refractivity contribution is 5.93. The molecular weight excluding hydrogens is 497 g/mol. The van der Waals surface area contributed by atoms with E-state index in [1.165, 1.54) is 6.07 Å². The molecule has 1 aromatic carbocycles. The van der Waals surface area contributed by atoms with E-state index in [1.54, 1.807) is 23.2 Å². The fourth-order valence-electron chi connectivity index (χ4n) is 5.40. The van der Waals surface area contributed by atoms with Crippen LogP contribution in [0.3, 0.4) is 0 Å². The van der Waals surface area contributed by atoms with Crippen molar-refractivity contribution in [3.8, 4) is 5.75 Å². The van der Waals surface area contributed by atoms with Crippen LogP contribution in [-0.4, -0.2) is 65.6 Å². The van der Waals surface area contributed by atoms with Crippen molar-refractivity contribution in [2.75, 3.05) is 37.7 Å². The van der Waals surface area contributed by atoms with Crippen LogP contribution in [-0.2, 0) is 0 Å². The number of likely N-dealkylation sites (tertiary alicyclic amines) is 1. The predicted molar refractivity (Wildman–Crippen MR) is 152 cm³/mol. The minimum atomic E-state index is -0.228. The van der Waals surface area contributed by atoms with Crippen molar-refractivity contribution in [2.45, 2.75) is 58.9 Å². The number of benzene rings is 1. The number of piperidine rings is 1. The summed E-state index contributed by atoms with van der Waals surface area (Å²) in [6.45, 7) is 11.1. The number of anilines is 1. The molecule has 2 aliphatic rings. The molecule has 2 amide bonds. The van der Waals surface area contributed by atoms with Crippen molar-refractivity contribution in [2.24, 2.45) is 34.2 Å². The SMILES string of the molecule is Cc1nc(N2CC(N)C(c3ccccc3F)C2)ncc1OCCC(C)C1CCN(C(=O)N=C(N)C(C)C)CC1. The molecule has 0 radical (unpaired) electrons. The molecular formula is C29H42FN7O2. The second-order valence-electron chi connectivity index (χ2n) is 11.2. The molecule has 9 nitrogen and oxygen atoms in total. The van der Waals surface area contributed by atoms with E-state index >= 15 is 0 Å². The van der Waals surface area contributed by atoms with Crippen LogP contribution in [0, 0.1) is 30.5 Å². The minimum Gasteiger partial charge on any atom is -0.490 e. The van der Waals surface area contributed by atoms with Crippen LogP contribution < -0.4 is 21.1 Å². The number of nitrogens with two attached hydrogens (primary N) is 2. The number of carbonyl (C=O) groups excluding carboxylic acids is 1. The summed E-state index contributed by atoms with van der Waals surface area (Å²) in [5.74, 6) is 2.37. The van der Waals surface area contributed by atoms with Gasteiger partial charge in [-0.3, -0.25) is 0 Å². The second-order valence-corrected chi connectivity index (χ2v) is 11.2. The number of nitrogens with zero attached hydrogens (tertiary/aromatic N) is 5. The summed E-state index contributed by atoms with van der Waals surface area (Å²) in [7, 11) is 0. The van der Waals surface area contributed by atoms with Crippen molar-refractivity contribution in [3.63, 3.8) is 0 Å². The second kappa shape index (κ2) is 12.7. The lowest BCUT2D eigenvalue weighted by Crippen LogP contribution is -2.39. The first kappa shape index (κ1) is 28.7. The van der Waals surface area contributed by atoms with Gasteiger partial charge in [0.2, 0.25) is 5.95 Å². The Bertz CT molecular complexity index is 1170. The molecule has 2 aliphatic heterocycles. The summed E-state index contributed by atoms with van der Waals surface area (Å²) < 4.78 is 20.4. The molecule has 1 aromatic heterocycles. The summed E-state index contributed by atoms with van der Waals surface area (Å²) in [5, 5.41) is 0. The Balaban J connectivity index is 1.24. The number of hydrogen-bond donors (Lipinski definition) is 2. The standard InChI is InChI=1S/C29H42FN7O2/c1-18(2)27(32)35-29(38)36-12-9-21(10-13-36)19(3)11-14-39-26-15-33-28(34-20(26)4)37-16-23(25(31)17-37)22-7-5-6-8-24(22)30/h5-8,15,18-19,21,23,25H,9-14,16-17,31H2,1-4H3,(H2,32,35,38). The molecule has 4 rings (SSSR count). The molecule has 2 saturated heterocycles. The van der Waals surface area contributed by atoms with E-state index in [1.807, 2.05) is 31.7 Å². The maximum absolute atomic E-state index is 14.3. The van der Waals surface area contributed by atoms with Crippen LogP contribution in [0.4, 0.5) is 15.1 Å². The highest BCUT2D eigenvalue weighted by Crippen LogP contribution is 2.31. The molecule has 0 spiro atoms. The number of carbonyl (C=O) groups is 1.